The van der Waals surface area contributed by atoms with Crippen LogP contribution >= 0.6 is 22.6 Å². The Balaban J connectivity index is 2.49. The van der Waals surface area contributed by atoms with Crippen molar-refractivity contribution < 1.29 is 4.74 Å². The molecule has 0 bridgehead atoms. The van der Waals surface area contributed by atoms with Gasteiger partial charge < -0.3 is 9.72 Å². The first kappa shape index (κ1) is 12.0. The van der Waals surface area contributed by atoms with Crippen LogP contribution in [0.5, 0.6) is 5.88 Å². The van der Waals surface area contributed by atoms with Crippen LogP contribution in [-0.4, -0.2) is 27.3 Å². The number of nitrogens with one attached hydrogen (secondary N) is 1. The number of hydrogen-bond acceptors (Lipinski definition) is 5. The smallest absolute Gasteiger partial charge is 0.264 e. The summed E-state index contributed by atoms with van der Waals surface area (Å²) in [5.41, 5.74) is 0.995. The second-order valence-electron chi connectivity index (χ2n) is 3.27. The van der Waals surface area contributed by atoms with Gasteiger partial charge in [-0.2, -0.15) is 0 Å². The van der Waals surface area contributed by atoms with E-state index >= 15 is 0 Å². The van der Waals surface area contributed by atoms with Crippen molar-refractivity contribution in [3.63, 3.8) is 0 Å². The number of aromatic nitrogens is 4. The topological polar surface area (TPSA) is 80.8 Å². The van der Waals surface area contributed by atoms with Crippen LogP contribution < -0.4 is 10.3 Å². The van der Waals surface area contributed by atoms with Gasteiger partial charge in [0.05, 0.1) is 16.4 Å². The third-order valence-electron chi connectivity index (χ3n) is 2.12. The van der Waals surface area contributed by atoms with E-state index in [2.05, 4.69) is 20.2 Å². The molecular weight excluding hydrogens is 335 g/mol. The number of ether oxygens (including phenoxy) is 1. The minimum Gasteiger partial charge on any atom is -0.480 e. The second kappa shape index (κ2) is 4.78. The van der Waals surface area contributed by atoms with E-state index in [-0.39, 0.29) is 5.56 Å². The standard InChI is InChI=1S/C10H9IN4O2/c1-5-8(11)10(16)13-9(12-5)6-3-4-7(17-2)15-14-6/h3-4H,1-2H3,(H,12,13,16). The van der Waals surface area contributed by atoms with E-state index in [1.807, 2.05) is 22.6 Å². The van der Waals surface area contributed by atoms with Gasteiger partial charge in [-0.15, -0.1) is 10.2 Å². The summed E-state index contributed by atoms with van der Waals surface area (Å²) in [6.07, 6.45) is 0. The molecule has 2 heterocycles. The largest absolute Gasteiger partial charge is 0.480 e. The molecule has 0 radical (unpaired) electrons. The fourth-order valence-corrected chi connectivity index (χ4v) is 1.50. The van der Waals surface area contributed by atoms with Gasteiger partial charge in [0.2, 0.25) is 5.88 Å². The molecule has 0 fully saturated rings. The molecular formula is C10H9IN4O2. The van der Waals surface area contributed by atoms with E-state index in [0.29, 0.717) is 26.7 Å². The molecule has 0 aliphatic carbocycles. The maximum absolute atomic E-state index is 11.6. The zero-order valence-corrected chi connectivity index (χ0v) is 11.3. The molecule has 1 N–H and O–H groups in total. The highest BCUT2D eigenvalue weighted by Crippen LogP contribution is 2.13. The van der Waals surface area contributed by atoms with Crippen molar-refractivity contribution in [1.29, 1.82) is 0 Å². The van der Waals surface area contributed by atoms with Crippen LogP contribution in [0.4, 0.5) is 0 Å². The van der Waals surface area contributed by atoms with E-state index in [1.54, 1.807) is 19.1 Å². The number of halogens is 1. The van der Waals surface area contributed by atoms with Crippen molar-refractivity contribution in [2.75, 3.05) is 7.11 Å². The SMILES string of the molecule is COc1ccc(-c2nc(C)c(I)c(=O)[nH]2)nn1. The fraction of sp³-hybridized carbons (Fsp3) is 0.200. The van der Waals surface area contributed by atoms with Gasteiger partial charge in [-0.05, 0) is 35.6 Å². The average molecular weight is 344 g/mol. The molecule has 0 saturated heterocycles. The van der Waals surface area contributed by atoms with E-state index < -0.39 is 0 Å². The van der Waals surface area contributed by atoms with E-state index in [9.17, 15) is 4.79 Å². The van der Waals surface area contributed by atoms with Gasteiger partial charge in [0.15, 0.2) is 5.82 Å². The van der Waals surface area contributed by atoms with E-state index in [0.717, 1.165) is 0 Å². The minimum atomic E-state index is -0.175. The van der Waals surface area contributed by atoms with Crippen LogP contribution in [0.2, 0.25) is 0 Å². The molecule has 6 nitrogen and oxygen atoms in total. The van der Waals surface area contributed by atoms with Crippen molar-refractivity contribution >= 4 is 22.6 Å². The maximum atomic E-state index is 11.6. The maximum Gasteiger partial charge on any atom is 0.264 e. The molecule has 2 rings (SSSR count). The highest BCUT2D eigenvalue weighted by Gasteiger charge is 2.08. The molecule has 88 valence electrons. The predicted octanol–water partition coefficient (Wildman–Crippen LogP) is 1.15. The predicted molar refractivity (Wildman–Crippen MR) is 69.9 cm³/mol. The first-order valence-electron chi connectivity index (χ1n) is 4.76. The zero-order valence-electron chi connectivity index (χ0n) is 9.19. The number of methoxy groups -OCH3 is 1. The Labute approximate surface area is 111 Å². The summed E-state index contributed by atoms with van der Waals surface area (Å²) in [4.78, 5) is 18.5. The number of nitrogens with zero attached hydrogens (tertiary/aromatic N) is 3. The number of aryl methyl sites for hydroxylation is 1. The molecule has 0 amide bonds. The third kappa shape index (κ3) is 2.43. The van der Waals surface area contributed by atoms with Crippen LogP contribution in [0.15, 0.2) is 16.9 Å². The number of aromatic amines is 1. The van der Waals surface area contributed by atoms with Crippen molar-refractivity contribution in [3.05, 3.63) is 31.8 Å². The van der Waals surface area contributed by atoms with Crippen LogP contribution in [0.25, 0.3) is 11.5 Å². The monoisotopic (exact) mass is 344 g/mol. The highest BCUT2D eigenvalue weighted by atomic mass is 127. The van der Waals surface area contributed by atoms with Gasteiger partial charge in [0.25, 0.3) is 5.56 Å². The number of H-pyrrole nitrogens is 1. The molecule has 0 aliphatic rings. The molecule has 0 spiro atoms. The van der Waals surface area contributed by atoms with Gasteiger partial charge in [0.1, 0.15) is 5.69 Å². The lowest BCUT2D eigenvalue weighted by atomic mass is 10.3. The number of rotatable bonds is 2. The zero-order chi connectivity index (χ0) is 12.4. The van der Waals surface area contributed by atoms with Gasteiger partial charge in [-0.1, -0.05) is 0 Å². The number of hydrogen-bond donors (Lipinski definition) is 1. The molecule has 0 aliphatic heterocycles. The van der Waals surface area contributed by atoms with E-state index in [1.165, 1.54) is 7.11 Å². The van der Waals surface area contributed by atoms with Crippen LogP contribution in [0.1, 0.15) is 5.69 Å². The second-order valence-corrected chi connectivity index (χ2v) is 4.35. The normalized spacial score (nSPS) is 10.3. The Bertz CT molecular complexity index is 594. The van der Waals surface area contributed by atoms with Crippen LogP contribution in [-0.2, 0) is 0 Å². The first-order chi connectivity index (χ1) is 8.11. The molecule has 0 aromatic carbocycles. The first-order valence-corrected chi connectivity index (χ1v) is 5.84. The van der Waals surface area contributed by atoms with Crippen molar-refractivity contribution in [3.8, 4) is 17.4 Å². The Morgan fingerprint density at radius 2 is 2.12 bits per heavy atom. The lowest BCUT2D eigenvalue weighted by molar-refractivity contribution is 0.392. The lowest BCUT2D eigenvalue weighted by Crippen LogP contribution is -2.15. The summed E-state index contributed by atoms with van der Waals surface area (Å²) >= 11 is 1.95. The molecule has 2 aromatic heterocycles. The summed E-state index contributed by atoms with van der Waals surface area (Å²) < 4.78 is 5.48. The summed E-state index contributed by atoms with van der Waals surface area (Å²) in [5.74, 6) is 0.821. The molecule has 0 unspecified atom stereocenters. The summed E-state index contributed by atoms with van der Waals surface area (Å²) in [6.45, 7) is 1.78. The van der Waals surface area contributed by atoms with Crippen molar-refractivity contribution in [2.45, 2.75) is 6.92 Å². The Kier molecular flexibility index (Phi) is 3.36. The van der Waals surface area contributed by atoms with Gasteiger partial charge >= 0.3 is 0 Å². The summed E-state index contributed by atoms with van der Waals surface area (Å²) in [7, 11) is 1.51. The minimum absolute atomic E-state index is 0.175. The highest BCUT2D eigenvalue weighted by molar-refractivity contribution is 14.1. The van der Waals surface area contributed by atoms with Crippen LogP contribution in [0, 0.1) is 10.5 Å². The molecule has 0 atom stereocenters. The Hall–Kier alpha value is -1.51. The molecule has 7 heteroatoms. The van der Waals surface area contributed by atoms with Crippen LogP contribution in [0.3, 0.4) is 0 Å². The molecule has 2 aromatic rings. The average Bonchev–Trinajstić information content (AvgIpc) is 2.35. The van der Waals surface area contributed by atoms with Gasteiger partial charge in [-0.25, -0.2) is 4.98 Å². The van der Waals surface area contributed by atoms with Crippen molar-refractivity contribution in [2.24, 2.45) is 0 Å². The molecule has 0 saturated carbocycles. The Morgan fingerprint density at radius 1 is 1.35 bits per heavy atom. The quantitative estimate of drug-likeness (QED) is 0.827. The van der Waals surface area contributed by atoms with Gasteiger partial charge in [0, 0.05) is 6.07 Å². The summed E-state index contributed by atoms with van der Waals surface area (Å²) in [6, 6.07) is 3.35. The van der Waals surface area contributed by atoms with Crippen molar-refractivity contribution in [1.82, 2.24) is 20.2 Å². The Morgan fingerprint density at radius 3 is 2.65 bits per heavy atom. The van der Waals surface area contributed by atoms with Gasteiger partial charge in [-0.3, -0.25) is 4.79 Å². The summed E-state index contributed by atoms with van der Waals surface area (Å²) in [5, 5.41) is 7.74. The molecule has 17 heavy (non-hydrogen) atoms. The third-order valence-corrected chi connectivity index (χ3v) is 3.39. The lowest BCUT2D eigenvalue weighted by Gasteiger charge is -2.02. The fourth-order valence-electron chi connectivity index (χ4n) is 1.25. The van der Waals surface area contributed by atoms with E-state index in [4.69, 9.17) is 4.74 Å².